The fourth-order valence-corrected chi connectivity index (χ4v) is 3.88. The van der Waals surface area contributed by atoms with Gasteiger partial charge >= 0.3 is 0 Å². The Kier molecular flexibility index (Phi) is 3.68. The standard InChI is InChI=1S/C16H15ClN4S/c17-12-6-4-11(5-7-12)13-14-15(22-20-13)16(19-10-18-14)21-8-2-1-3-9-21/h4-7,10H,1-3,8-9H2. The number of benzene rings is 1. The molecule has 0 saturated carbocycles. The van der Waals surface area contributed by atoms with Crippen LogP contribution in [0.2, 0.25) is 5.02 Å². The summed E-state index contributed by atoms with van der Waals surface area (Å²) in [7, 11) is 0. The number of fused-ring (bicyclic) bond motifs is 1. The van der Waals surface area contributed by atoms with E-state index < -0.39 is 0 Å². The van der Waals surface area contributed by atoms with Gasteiger partial charge in [-0.25, -0.2) is 9.97 Å². The van der Waals surface area contributed by atoms with Crippen molar-refractivity contribution in [1.82, 2.24) is 14.3 Å². The summed E-state index contributed by atoms with van der Waals surface area (Å²) in [4.78, 5) is 11.3. The highest BCUT2D eigenvalue weighted by molar-refractivity contribution is 7.14. The van der Waals surface area contributed by atoms with Crippen LogP contribution in [0.1, 0.15) is 19.3 Å². The van der Waals surface area contributed by atoms with Gasteiger partial charge in [-0.15, -0.1) is 0 Å². The third kappa shape index (κ3) is 2.44. The van der Waals surface area contributed by atoms with E-state index in [9.17, 15) is 0 Å². The lowest BCUT2D eigenvalue weighted by Crippen LogP contribution is -2.30. The molecule has 1 aliphatic rings. The topological polar surface area (TPSA) is 41.9 Å². The van der Waals surface area contributed by atoms with Crippen LogP contribution < -0.4 is 4.90 Å². The molecule has 0 bridgehead atoms. The van der Waals surface area contributed by atoms with Gasteiger partial charge in [-0.1, -0.05) is 23.7 Å². The molecule has 0 unspecified atom stereocenters. The zero-order valence-corrected chi connectivity index (χ0v) is 13.6. The summed E-state index contributed by atoms with van der Waals surface area (Å²) in [6.45, 7) is 2.14. The van der Waals surface area contributed by atoms with E-state index >= 15 is 0 Å². The van der Waals surface area contributed by atoms with E-state index in [1.807, 2.05) is 24.3 Å². The minimum absolute atomic E-state index is 0.729. The van der Waals surface area contributed by atoms with Crippen molar-refractivity contribution in [3.63, 3.8) is 0 Å². The van der Waals surface area contributed by atoms with E-state index in [0.29, 0.717) is 0 Å². The van der Waals surface area contributed by atoms with Crippen LogP contribution in [-0.4, -0.2) is 27.4 Å². The highest BCUT2D eigenvalue weighted by Gasteiger charge is 2.19. The maximum absolute atomic E-state index is 5.97. The van der Waals surface area contributed by atoms with Crippen molar-refractivity contribution < 1.29 is 0 Å². The Morgan fingerprint density at radius 2 is 1.77 bits per heavy atom. The summed E-state index contributed by atoms with van der Waals surface area (Å²) >= 11 is 7.45. The van der Waals surface area contributed by atoms with Crippen LogP contribution in [0.25, 0.3) is 21.5 Å². The number of nitrogens with zero attached hydrogens (tertiary/aromatic N) is 4. The Bertz CT molecular complexity index is 794. The summed E-state index contributed by atoms with van der Waals surface area (Å²) in [6.07, 6.45) is 5.42. The first kappa shape index (κ1) is 13.9. The van der Waals surface area contributed by atoms with Crippen LogP contribution in [0.15, 0.2) is 30.6 Å². The predicted molar refractivity (Wildman–Crippen MR) is 91.7 cm³/mol. The average Bonchev–Trinajstić information content (AvgIpc) is 3.00. The van der Waals surface area contributed by atoms with Gasteiger partial charge in [0.25, 0.3) is 0 Å². The number of halogens is 1. The highest BCUT2D eigenvalue weighted by atomic mass is 35.5. The van der Waals surface area contributed by atoms with Crippen LogP contribution in [0.4, 0.5) is 5.82 Å². The molecule has 112 valence electrons. The molecule has 22 heavy (non-hydrogen) atoms. The normalized spacial score (nSPS) is 15.4. The monoisotopic (exact) mass is 330 g/mol. The molecule has 3 aromatic rings. The number of anilines is 1. The van der Waals surface area contributed by atoms with Gasteiger partial charge in [0.05, 0.1) is 0 Å². The van der Waals surface area contributed by atoms with Crippen LogP contribution in [0.5, 0.6) is 0 Å². The van der Waals surface area contributed by atoms with Crippen molar-refractivity contribution in [2.24, 2.45) is 0 Å². The molecule has 1 saturated heterocycles. The maximum Gasteiger partial charge on any atom is 0.151 e. The first-order valence-corrected chi connectivity index (χ1v) is 8.59. The van der Waals surface area contributed by atoms with Crippen molar-refractivity contribution in [2.75, 3.05) is 18.0 Å². The Labute approximate surface area is 137 Å². The zero-order valence-electron chi connectivity index (χ0n) is 12.0. The lowest BCUT2D eigenvalue weighted by atomic mass is 10.1. The van der Waals surface area contributed by atoms with Gasteiger partial charge in [-0.2, -0.15) is 4.37 Å². The number of hydrogen-bond acceptors (Lipinski definition) is 5. The molecule has 4 nitrogen and oxygen atoms in total. The largest absolute Gasteiger partial charge is 0.355 e. The minimum Gasteiger partial charge on any atom is -0.355 e. The Morgan fingerprint density at radius 3 is 2.55 bits per heavy atom. The molecule has 0 aliphatic carbocycles. The predicted octanol–water partition coefficient (Wildman–Crippen LogP) is 4.40. The first-order chi connectivity index (χ1) is 10.8. The van der Waals surface area contributed by atoms with E-state index in [2.05, 4.69) is 19.2 Å². The average molecular weight is 331 g/mol. The molecule has 0 radical (unpaired) electrons. The Morgan fingerprint density at radius 1 is 1.00 bits per heavy atom. The lowest BCUT2D eigenvalue weighted by Gasteiger charge is -2.27. The van der Waals surface area contributed by atoms with Crippen LogP contribution in [0, 0.1) is 0 Å². The van der Waals surface area contributed by atoms with Crippen LogP contribution >= 0.6 is 23.1 Å². The lowest BCUT2D eigenvalue weighted by molar-refractivity contribution is 0.575. The molecule has 6 heteroatoms. The Hall–Kier alpha value is -1.72. The van der Waals surface area contributed by atoms with Crippen LogP contribution in [-0.2, 0) is 0 Å². The van der Waals surface area contributed by atoms with Gasteiger partial charge in [0.1, 0.15) is 22.2 Å². The maximum atomic E-state index is 5.97. The molecule has 1 fully saturated rings. The van der Waals surface area contributed by atoms with Gasteiger partial charge < -0.3 is 4.90 Å². The van der Waals surface area contributed by atoms with Crippen molar-refractivity contribution in [1.29, 1.82) is 0 Å². The van der Waals surface area contributed by atoms with Gasteiger partial charge in [0.15, 0.2) is 5.82 Å². The van der Waals surface area contributed by atoms with E-state index in [-0.39, 0.29) is 0 Å². The van der Waals surface area contributed by atoms with E-state index in [1.54, 1.807) is 6.33 Å². The molecule has 0 amide bonds. The number of aromatic nitrogens is 3. The molecule has 0 atom stereocenters. The summed E-state index contributed by atoms with van der Waals surface area (Å²) in [5.41, 5.74) is 2.89. The summed E-state index contributed by atoms with van der Waals surface area (Å²) in [5, 5.41) is 0.729. The van der Waals surface area contributed by atoms with Gasteiger partial charge in [-0.3, -0.25) is 0 Å². The molecule has 0 N–H and O–H groups in total. The van der Waals surface area contributed by atoms with Gasteiger partial charge in [0.2, 0.25) is 0 Å². The molecule has 1 aromatic carbocycles. The molecule has 1 aliphatic heterocycles. The van der Waals surface area contributed by atoms with Gasteiger partial charge in [0, 0.05) is 23.7 Å². The first-order valence-electron chi connectivity index (χ1n) is 7.44. The highest BCUT2D eigenvalue weighted by Crippen LogP contribution is 2.35. The second kappa shape index (κ2) is 5.82. The summed E-state index contributed by atoms with van der Waals surface area (Å²) < 4.78 is 5.70. The zero-order chi connectivity index (χ0) is 14.9. The van der Waals surface area contributed by atoms with Crippen molar-refractivity contribution in [2.45, 2.75) is 19.3 Å². The Balaban J connectivity index is 1.80. The fourth-order valence-electron chi connectivity index (χ4n) is 2.88. The van der Waals surface area contributed by atoms with E-state index in [0.717, 1.165) is 45.4 Å². The quantitative estimate of drug-likeness (QED) is 0.698. The molecule has 2 aromatic heterocycles. The second-order valence-corrected chi connectivity index (χ2v) is 6.67. The number of hydrogen-bond donors (Lipinski definition) is 0. The second-order valence-electron chi connectivity index (χ2n) is 5.46. The molecular formula is C16H15ClN4S. The number of rotatable bonds is 2. The number of piperidine rings is 1. The molecule has 3 heterocycles. The van der Waals surface area contributed by atoms with Gasteiger partial charge in [-0.05, 0) is 42.9 Å². The summed E-state index contributed by atoms with van der Waals surface area (Å²) in [5.74, 6) is 1.03. The van der Waals surface area contributed by atoms with Crippen molar-refractivity contribution in [3.05, 3.63) is 35.6 Å². The SMILES string of the molecule is Clc1ccc(-c2nsc3c(N4CCCCC4)ncnc23)cc1. The molecule has 0 spiro atoms. The molecular weight excluding hydrogens is 316 g/mol. The third-order valence-electron chi connectivity index (χ3n) is 4.01. The minimum atomic E-state index is 0.729. The van der Waals surface area contributed by atoms with E-state index in [1.165, 1.54) is 30.8 Å². The van der Waals surface area contributed by atoms with Crippen molar-refractivity contribution in [3.8, 4) is 11.3 Å². The smallest absolute Gasteiger partial charge is 0.151 e. The van der Waals surface area contributed by atoms with Crippen molar-refractivity contribution >= 4 is 39.2 Å². The van der Waals surface area contributed by atoms with Crippen LogP contribution in [0.3, 0.4) is 0 Å². The fraction of sp³-hybridized carbons (Fsp3) is 0.312. The molecule has 4 rings (SSSR count). The summed E-state index contributed by atoms with van der Waals surface area (Å²) in [6, 6.07) is 7.74. The van der Waals surface area contributed by atoms with E-state index in [4.69, 9.17) is 11.6 Å². The third-order valence-corrected chi connectivity index (χ3v) is 5.10.